The molecule has 0 aliphatic carbocycles. The summed E-state index contributed by atoms with van der Waals surface area (Å²) in [6.45, 7) is -0.353. The van der Waals surface area contributed by atoms with Crippen molar-refractivity contribution < 1.29 is 24.2 Å². The molecule has 1 aromatic heterocycles. The number of nitrogens with zero attached hydrogens (tertiary/aromatic N) is 2. The van der Waals surface area contributed by atoms with Crippen molar-refractivity contribution in [3.8, 4) is 0 Å². The van der Waals surface area contributed by atoms with Crippen LogP contribution >= 0.6 is 0 Å². The van der Waals surface area contributed by atoms with Gasteiger partial charge in [0.1, 0.15) is 12.6 Å². The lowest BCUT2D eigenvalue weighted by Gasteiger charge is -2.14. The number of aromatic nitrogens is 2. The number of hydrogen-bond donors (Lipinski definition) is 2. The fourth-order valence-electron chi connectivity index (χ4n) is 1.52. The van der Waals surface area contributed by atoms with Gasteiger partial charge in [-0.2, -0.15) is 0 Å². The molecule has 0 saturated carbocycles. The number of ether oxygens (including phenoxy) is 1. The van der Waals surface area contributed by atoms with Crippen LogP contribution in [-0.4, -0.2) is 45.7 Å². The van der Waals surface area contributed by atoms with Crippen molar-refractivity contribution >= 4 is 17.8 Å². The van der Waals surface area contributed by atoms with Crippen LogP contribution in [0.3, 0.4) is 0 Å². The summed E-state index contributed by atoms with van der Waals surface area (Å²) in [7, 11) is 1.19. The molecule has 2 N–H and O–H groups in total. The lowest BCUT2D eigenvalue weighted by molar-refractivity contribution is -0.144. The van der Waals surface area contributed by atoms with Crippen LogP contribution in [0.2, 0.25) is 0 Å². The molecule has 1 rings (SSSR count). The maximum atomic E-state index is 11.7. The van der Waals surface area contributed by atoms with Crippen molar-refractivity contribution in [1.82, 2.24) is 14.9 Å². The summed E-state index contributed by atoms with van der Waals surface area (Å²) in [5.41, 5.74) is -0.617. The highest BCUT2D eigenvalue weighted by Gasteiger charge is 2.21. The molecule has 0 unspecified atom stereocenters. The Bertz CT molecular complexity index is 582. The van der Waals surface area contributed by atoms with Gasteiger partial charge in [0.25, 0.3) is 0 Å². The Morgan fingerprint density at radius 3 is 2.76 bits per heavy atom. The summed E-state index contributed by atoms with van der Waals surface area (Å²) in [6.07, 6.45) is 2.41. The van der Waals surface area contributed by atoms with Crippen molar-refractivity contribution in [2.24, 2.45) is 0 Å². The number of aliphatic carboxylic acids is 1. The van der Waals surface area contributed by atoms with E-state index in [9.17, 15) is 19.2 Å². The molecule has 114 valence electrons. The Kier molecular flexibility index (Phi) is 6.05. The Hall–Kier alpha value is -2.71. The van der Waals surface area contributed by atoms with E-state index in [4.69, 9.17) is 5.11 Å². The number of methoxy groups -OCH3 is 1. The average Bonchev–Trinajstić information content (AvgIpc) is 2.45. The molecule has 21 heavy (non-hydrogen) atoms. The lowest BCUT2D eigenvalue weighted by Crippen LogP contribution is -2.43. The zero-order valence-corrected chi connectivity index (χ0v) is 11.3. The summed E-state index contributed by atoms with van der Waals surface area (Å²) in [5, 5.41) is 11.2. The molecule has 9 heteroatoms. The van der Waals surface area contributed by atoms with Crippen LogP contribution in [0.4, 0.5) is 0 Å². The van der Waals surface area contributed by atoms with Gasteiger partial charge in [-0.05, 0) is 12.5 Å². The van der Waals surface area contributed by atoms with E-state index >= 15 is 0 Å². The molecule has 0 aliphatic heterocycles. The van der Waals surface area contributed by atoms with E-state index in [0.717, 1.165) is 4.57 Å². The molecule has 0 saturated heterocycles. The van der Waals surface area contributed by atoms with Gasteiger partial charge in [0.2, 0.25) is 5.91 Å². The topological polar surface area (TPSA) is 128 Å². The van der Waals surface area contributed by atoms with Crippen LogP contribution in [0.15, 0.2) is 23.3 Å². The standard InChI is InChI=1S/C12H15N3O6/c1-21-10(17)4-3-8(11(18)19)14-9(16)7-15-6-2-5-13-12(15)20/h2,5-6,8H,3-4,7H2,1H3,(H,14,16)(H,18,19)/t8-/m1/s1. The molecular weight excluding hydrogens is 282 g/mol. The third-order valence-electron chi connectivity index (χ3n) is 2.59. The highest BCUT2D eigenvalue weighted by molar-refractivity contribution is 5.83. The summed E-state index contributed by atoms with van der Waals surface area (Å²) >= 11 is 0. The molecule has 9 nitrogen and oxygen atoms in total. The molecule has 0 bridgehead atoms. The molecule has 1 aromatic rings. The Labute approximate surface area is 119 Å². The Morgan fingerprint density at radius 2 is 2.19 bits per heavy atom. The molecule has 0 spiro atoms. The van der Waals surface area contributed by atoms with Crippen molar-refractivity contribution in [2.75, 3.05) is 7.11 Å². The normalized spacial score (nSPS) is 11.5. The number of rotatable bonds is 7. The summed E-state index contributed by atoms with van der Waals surface area (Å²) in [5.74, 6) is -2.51. The van der Waals surface area contributed by atoms with Gasteiger partial charge >= 0.3 is 17.6 Å². The third-order valence-corrected chi connectivity index (χ3v) is 2.59. The second-order valence-corrected chi connectivity index (χ2v) is 4.10. The zero-order chi connectivity index (χ0) is 15.8. The number of hydrogen-bond acceptors (Lipinski definition) is 6. The quantitative estimate of drug-likeness (QED) is 0.603. The molecule has 1 atom stereocenters. The highest BCUT2D eigenvalue weighted by atomic mass is 16.5. The van der Waals surface area contributed by atoms with Crippen molar-refractivity contribution in [1.29, 1.82) is 0 Å². The molecular formula is C12H15N3O6. The smallest absolute Gasteiger partial charge is 0.347 e. The van der Waals surface area contributed by atoms with Crippen LogP contribution in [0.1, 0.15) is 12.8 Å². The van der Waals surface area contributed by atoms with Crippen LogP contribution in [0, 0.1) is 0 Å². The van der Waals surface area contributed by atoms with Gasteiger partial charge in [0, 0.05) is 18.8 Å². The molecule has 1 heterocycles. The van der Waals surface area contributed by atoms with Gasteiger partial charge in [-0.1, -0.05) is 0 Å². The predicted octanol–water partition coefficient (Wildman–Crippen LogP) is -1.23. The highest BCUT2D eigenvalue weighted by Crippen LogP contribution is 2.00. The lowest BCUT2D eigenvalue weighted by atomic mass is 10.1. The molecule has 0 aliphatic rings. The summed E-state index contributed by atoms with van der Waals surface area (Å²) < 4.78 is 5.43. The van der Waals surface area contributed by atoms with Crippen LogP contribution in [0.5, 0.6) is 0 Å². The fraction of sp³-hybridized carbons (Fsp3) is 0.417. The number of carbonyl (C=O) groups is 3. The van der Waals surface area contributed by atoms with E-state index < -0.39 is 29.6 Å². The number of esters is 1. The van der Waals surface area contributed by atoms with Crippen molar-refractivity contribution in [2.45, 2.75) is 25.4 Å². The second-order valence-electron chi connectivity index (χ2n) is 4.10. The number of carboxylic acid groups (broad SMARTS) is 1. The van der Waals surface area contributed by atoms with Gasteiger partial charge in [0.15, 0.2) is 0 Å². The van der Waals surface area contributed by atoms with E-state index in [-0.39, 0.29) is 19.4 Å². The first-order valence-corrected chi connectivity index (χ1v) is 6.04. The molecule has 0 fully saturated rings. The Balaban J connectivity index is 2.61. The zero-order valence-electron chi connectivity index (χ0n) is 11.3. The predicted molar refractivity (Wildman–Crippen MR) is 69.3 cm³/mol. The first-order valence-electron chi connectivity index (χ1n) is 6.04. The average molecular weight is 297 g/mol. The van der Waals surface area contributed by atoms with Gasteiger partial charge in [-0.25, -0.2) is 14.6 Å². The summed E-state index contributed by atoms with van der Waals surface area (Å²) in [4.78, 5) is 48.5. The minimum Gasteiger partial charge on any atom is -0.480 e. The third kappa shape index (κ3) is 5.43. The van der Waals surface area contributed by atoms with Crippen molar-refractivity contribution in [3.63, 3.8) is 0 Å². The maximum absolute atomic E-state index is 11.7. The van der Waals surface area contributed by atoms with Gasteiger partial charge in [-0.15, -0.1) is 0 Å². The van der Waals surface area contributed by atoms with Crippen LogP contribution < -0.4 is 11.0 Å². The van der Waals surface area contributed by atoms with Gasteiger partial charge in [0.05, 0.1) is 7.11 Å². The largest absolute Gasteiger partial charge is 0.480 e. The SMILES string of the molecule is COC(=O)CC[C@@H](NC(=O)Cn1cccnc1=O)C(=O)O. The second kappa shape index (κ2) is 7.78. The van der Waals surface area contributed by atoms with E-state index in [0.29, 0.717) is 0 Å². The van der Waals surface area contributed by atoms with Crippen LogP contribution in [0.25, 0.3) is 0 Å². The monoisotopic (exact) mass is 297 g/mol. The van der Waals surface area contributed by atoms with E-state index in [2.05, 4.69) is 15.0 Å². The fourth-order valence-corrected chi connectivity index (χ4v) is 1.52. The first kappa shape index (κ1) is 16.3. The van der Waals surface area contributed by atoms with Crippen molar-refractivity contribution in [3.05, 3.63) is 28.9 Å². The van der Waals surface area contributed by atoms with E-state index in [1.54, 1.807) is 0 Å². The number of carboxylic acids is 1. The van der Waals surface area contributed by atoms with Gasteiger partial charge in [-0.3, -0.25) is 14.2 Å². The number of nitrogens with one attached hydrogen (secondary N) is 1. The minimum atomic E-state index is -1.27. The van der Waals surface area contributed by atoms with Gasteiger partial charge < -0.3 is 15.2 Å². The maximum Gasteiger partial charge on any atom is 0.347 e. The first-order chi connectivity index (χ1) is 9.93. The number of amides is 1. The minimum absolute atomic E-state index is 0.102. The molecule has 0 radical (unpaired) electrons. The van der Waals surface area contributed by atoms with E-state index in [1.165, 1.54) is 25.6 Å². The molecule has 0 aromatic carbocycles. The molecule has 1 amide bonds. The van der Waals surface area contributed by atoms with E-state index in [1.807, 2.05) is 0 Å². The van der Waals surface area contributed by atoms with Crippen LogP contribution in [-0.2, 0) is 25.7 Å². The summed E-state index contributed by atoms with van der Waals surface area (Å²) in [6, 6.07) is 0.240. The Morgan fingerprint density at radius 1 is 1.48 bits per heavy atom. The number of carbonyl (C=O) groups excluding carboxylic acids is 2.